The molecule has 0 saturated carbocycles. The van der Waals surface area contributed by atoms with E-state index < -0.39 is 0 Å². The van der Waals surface area contributed by atoms with Gasteiger partial charge in [-0.05, 0) is 30.2 Å². The summed E-state index contributed by atoms with van der Waals surface area (Å²) in [5, 5.41) is 11.5. The number of rotatable bonds is 5. The molecule has 1 unspecified atom stereocenters. The van der Waals surface area contributed by atoms with E-state index in [4.69, 9.17) is 10.9 Å². The van der Waals surface area contributed by atoms with E-state index in [1.54, 1.807) is 36.2 Å². The van der Waals surface area contributed by atoms with Crippen LogP contribution in [0.4, 0.5) is 5.69 Å². The van der Waals surface area contributed by atoms with Gasteiger partial charge in [0.15, 0.2) is 5.84 Å². The van der Waals surface area contributed by atoms with E-state index in [-0.39, 0.29) is 11.7 Å². The summed E-state index contributed by atoms with van der Waals surface area (Å²) < 4.78 is 0. The molecule has 0 aromatic heterocycles. The maximum atomic E-state index is 12.0. The zero-order chi connectivity index (χ0) is 14.4. The highest BCUT2D eigenvalue weighted by molar-refractivity contribution is 5.98. The van der Waals surface area contributed by atoms with Crippen LogP contribution in [-0.4, -0.2) is 24.0 Å². The Morgan fingerprint density at radius 1 is 1.42 bits per heavy atom. The molecule has 1 aromatic carbocycles. The fraction of sp³-hybridized carbons (Fsp3) is 0.429. The lowest BCUT2D eigenvalue weighted by Gasteiger charge is -2.19. The number of carbonyl (C=O) groups excluding carboxylic acids is 1. The van der Waals surface area contributed by atoms with Crippen LogP contribution in [0, 0.1) is 5.92 Å². The topological polar surface area (TPSA) is 78.9 Å². The van der Waals surface area contributed by atoms with Gasteiger partial charge in [-0.25, -0.2) is 0 Å². The Hall–Kier alpha value is -2.04. The molecule has 0 aliphatic heterocycles. The fourth-order valence-electron chi connectivity index (χ4n) is 1.64. The van der Waals surface area contributed by atoms with Crippen LogP contribution in [-0.2, 0) is 4.79 Å². The fourth-order valence-corrected chi connectivity index (χ4v) is 1.64. The minimum Gasteiger partial charge on any atom is -0.409 e. The Bertz CT molecular complexity index is 454. The van der Waals surface area contributed by atoms with Gasteiger partial charge >= 0.3 is 0 Å². The molecule has 1 aromatic rings. The lowest BCUT2D eigenvalue weighted by molar-refractivity contribution is -0.119. The molecule has 0 heterocycles. The first kappa shape index (κ1) is 15.0. The number of nitrogens with two attached hydrogens (primary N) is 1. The van der Waals surface area contributed by atoms with Crippen molar-refractivity contribution in [2.24, 2.45) is 16.8 Å². The maximum absolute atomic E-state index is 12.0. The first-order valence-electron chi connectivity index (χ1n) is 6.34. The van der Waals surface area contributed by atoms with E-state index in [1.807, 2.05) is 0 Å². The molecule has 1 atom stereocenters. The number of benzene rings is 1. The molecule has 5 nitrogen and oxygen atoms in total. The third kappa shape index (κ3) is 3.98. The number of oxime groups is 1. The Balaban J connectivity index is 2.78. The molecule has 0 aliphatic rings. The third-order valence-electron chi connectivity index (χ3n) is 3.25. The summed E-state index contributed by atoms with van der Waals surface area (Å²) >= 11 is 0. The molecule has 0 aliphatic carbocycles. The minimum absolute atomic E-state index is 0.0557. The number of nitrogens with zero attached hydrogens (tertiary/aromatic N) is 2. The first-order valence-corrected chi connectivity index (χ1v) is 6.34. The van der Waals surface area contributed by atoms with Crippen LogP contribution in [0.3, 0.4) is 0 Å². The smallest absolute Gasteiger partial charge is 0.226 e. The van der Waals surface area contributed by atoms with E-state index in [2.05, 4.69) is 19.0 Å². The molecule has 1 rings (SSSR count). The average molecular weight is 263 g/mol. The van der Waals surface area contributed by atoms with Gasteiger partial charge in [-0.1, -0.05) is 25.4 Å². The van der Waals surface area contributed by atoms with Crippen LogP contribution in [0.25, 0.3) is 0 Å². The van der Waals surface area contributed by atoms with E-state index in [9.17, 15) is 4.79 Å². The van der Waals surface area contributed by atoms with Crippen molar-refractivity contribution < 1.29 is 10.0 Å². The van der Waals surface area contributed by atoms with Crippen LogP contribution >= 0.6 is 0 Å². The largest absolute Gasteiger partial charge is 0.409 e. The molecule has 104 valence electrons. The van der Waals surface area contributed by atoms with Gasteiger partial charge in [0.1, 0.15) is 0 Å². The number of hydrogen-bond acceptors (Lipinski definition) is 3. The summed E-state index contributed by atoms with van der Waals surface area (Å²) in [6, 6.07) is 7.00. The number of anilines is 1. The van der Waals surface area contributed by atoms with Gasteiger partial charge in [0.25, 0.3) is 0 Å². The van der Waals surface area contributed by atoms with Gasteiger partial charge in [-0.2, -0.15) is 0 Å². The number of hydrogen-bond donors (Lipinski definition) is 2. The average Bonchev–Trinajstić information content (AvgIpc) is 2.45. The summed E-state index contributed by atoms with van der Waals surface area (Å²) in [4.78, 5) is 13.7. The van der Waals surface area contributed by atoms with Crippen LogP contribution in [0.5, 0.6) is 0 Å². The number of amidine groups is 1. The Morgan fingerprint density at radius 3 is 2.47 bits per heavy atom. The van der Waals surface area contributed by atoms with Crippen molar-refractivity contribution in [2.45, 2.75) is 26.7 Å². The highest BCUT2D eigenvalue weighted by atomic mass is 16.4. The zero-order valence-electron chi connectivity index (χ0n) is 11.6. The second-order valence-corrected chi connectivity index (χ2v) is 4.70. The lowest BCUT2D eigenvalue weighted by atomic mass is 10.0. The Labute approximate surface area is 113 Å². The lowest BCUT2D eigenvalue weighted by Crippen LogP contribution is -2.27. The molecular weight excluding hydrogens is 242 g/mol. The molecule has 0 saturated heterocycles. The van der Waals surface area contributed by atoms with Gasteiger partial charge in [0.2, 0.25) is 5.91 Å². The van der Waals surface area contributed by atoms with Crippen molar-refractivity contribution in [3.63, 3.8) is 0 Å². The van der Waals surface area contributed by atoms with Gasteiger partial charge in [0, 0.05) is 24.7 Å². The molecule has 1 amide bonds. The van der Waals surface area contributed by atoms with Crippen LogP contribution in [0.15, 0.2) is 29.4 Å². The van der Waals surface area contributed by atoms with E-state index in [1.165, 1.54) is 0 Å². The number of amides is 1. The van der Waals surface area contributed by atoms with Gasteiger partial charge in [-0.3, -0.25) is 4.79 Å². The Kier molecular flexibility index (Phi) is 5.36. The zero-order valence-corrected chi connectivity index (χ0v) is 11.6. The maximum Gasteiger partial charge on any atom is 0.226 e. The minimum atomic E-state index is 0.0557. The van der Waals surface area contributed by atoms with Gasteiger partial charge in [0.05, 0.1) is 0 Å². The molecule has 19 heavy (non-hydrogen) atoms. The quantitative estimate of drug-likeness (QED) is 0.370. The van der Waals surface area contributed by atoms with Crippen molar-refractivity contribution in [1.82, 2.24) is 0 Å². The highest BCUT2D eigenvalue weighted by Gasteiger charge is 2.14. The number of carbonyl (C=O) groups is 1. The van der Waals surface area contributed by atoms with Crippen LogP contribution in [0.1, 0.15) is 32.3 Å². The summed E-state index contributed by atoms with van der Waals surface area (Å²) in [6.07, 6.45) is 1.52. The van der Waals surface area contributed by atoms with Crippen LogP contribution in [0.2, 0.25) is 0 Å². The molecule has 3 N–H and O–H groups in total. The van der Waals surface area contributed by atoms with Crippen molar-refractivity contribution in [3.8, 4) is 0 Å². The van der Waals surface area contributed by atoms with E-state index in [0.29, 0.717) is 17.9 Å². The highest BCUT2D eigenvalue weighted by Crippen LogP contribution is 2.17. The molecular formula is C14H21N3O2. The molecule has 0 radical (unpaired) electrons. The summed E-state index contributed by atoms with van der Waals surface area (Å²) in [5.41, 5.74) is 6.90. The van der Waals surface area contributed by atoms with Crippen molar-refractivity contribution in [3.05, 3.63) is 29.8 Å². The predicted octanol–water partition coefficient (Wildman–Crippen LogP) is 2.18. The van der Waals surface area contributed by atoms with Gasteiger partial charge in [-0.15, -0.1) is 0 Å². The SMILES string of the molecule is CCC(C)CC(=O)N(C)c1ccc(/C(N)=N/O)cc1. The normalized spacial score (nSPS) is 13.1. The standard InChI is InChI=1S/C14H21N3O2/c1-4-10(2)9-13(18)17(3)12-7-5-11(6-8-12)14(15)16-19/h5-8,10,19H,4,9H2,1-3H3,(H2,15,16). The monoisotopic (exact) mass is 263 g/mol. The van der Waals surface area contributed by atoms with Crippen molar-refractivity contribution in [1.29, 1.82) is 0 Å². The van der Waals surface area contributed by atoms with E-state index in [0.717, 1.165) is 12.1 Å². The van der Waals surface area contributed by atoms with Gasteiger partial charge < -0.3 is 15.8 Å². The molecule has 5 heteroatoms. The van der Waals surface area contributed by atoms with Crippen LogP contribution < -0.4 is 10.6 Å². The second kappa shape index (κ2) is 6.78. The molecule has 0 spiro atoms. The second-order valence-electron chi connectivity index (χ2n) is 4.70. The molecule has 0 bridgehead atoms. The summed E-state index contributed by atoms with van der Waals surface area (Å²) in [5.74, 6) is 0.525. The van der Waals surface area contributed by atoms with Crippen molar-refractivity contribution in [2.75, 3.05) is 11.9 Å². The Morgan fingerprint density at radius 2 is 2.00 bits per heavy atom. The van der Waals surface area contributed by atoms with Crippen molar-refractivity contribution >= 4 is 17.4 Å². The summed E-state index contributed by atoms with van der Waals surface area (Å²) in [6.45, 7) is 4.14. The molecule has 0 fully saturated rings. The first-order chi connectivity index (χ1) is 8.99. The van der Waals surface area contributed by atoms with E-state index >= 15 is 0 Å². The predicted molar refractivity (Wildman–Crippen MR) is 76.4 cm³/mol. The summed E-state index contributed by atoms with van der Waals surface area (Å²) in [7, 11) is 1.75. The third-order valence-corrected chi connectivity index (χ3v) is 3.25.